The van der Waals surface area contributed by atoms with Crippen LogP contribution in [0, 0.1) is 5.82 Å². The molecule has 0 radical (unpaired) electrons. The van der Waals surface area contributed by atoms with Crippen molar-refractivity contribution in [1.29, 1.82) is 0 Å². The maximum atomic E-state index is 13.4. The number of hydrogen-bond acceptors (Lipinski definition) is 3. The molecule has 23 heavy (non-hydrogen) atoms. The lowest BCUT2D eigenvalue weighted by Gasteiger charge is -2.22. The number of carbonyl (C=O) groups is 1. The molecule has 2 aromatic carbocycles. The maximum absolute atomic E-state index is 13.4. The molecular formula is C18H18FNO3. The van der Waals surface area contributed by atoms with E-state index in [1.165, 1.54) is 12.1 Å². The first-order chi connectivity index (χ1) is 11.1. The summed E-state index contributed by atoms with van der Waals surface area (Å²) >= 11 is 0. The molecule has 0 aromatic heterocycles. The lowest BCUT2D eigenvalue weighted by atomic mass is 10.1. The summed E-state index contributed by atoms with van der Waals surface area (Å²) in [6.45, 7) is 2.12. The second-order valence-electron chi connectivity index (χ2n) is 5.58. The van der Waals surface area contributed by atoms with Crippen LogP contribution in [-0.2, 0) is 17.8 Å². The molecule has 4 nitrogen and oxygen atoms in total. The second kappa shape index (κ2) is 6.38. The van der Waals surface area contributed by atoms with Gasteiger partial charge in [-0.3, -0.25) is 4.79 Å². The van der Waals surface area contributed by atoms with Crippen molar-refractivity contribution in [1.82, 2.24) is 0 Å². The minimum Gasteiger partial charge on any atom is -0.481 e. The fourth-order valence-electron chi connectivity index (χ4n) is 2.77. The molecule has 1 amide bonds. The van der Waals surface area contributed by atoms with Gasteiger partial charge >= 0.3 is 0 Å². The second-order valence-corrected chi connectivity index (χ2v) is 5.58. The Kier molecular flexibility index (Phi) is 4.30. The van der Waals surface area contributed by atoms with E-state index in [1.807, 2.05) is 0 Å². The molecule has 1 N–H and O–H groups in total. The number of hydrogen-bond donors (Lipinski definition) is 1. The Morgan fingerprint density at radius 3 is 2.96 bits per heavy atom. The summed E-state index contributed by atoms with van der Waals surface area (Å²) in [5, 5.41) is 9.15. The van der Waals surface area contributed by atoms with Gasteiger partial charge in [0.1, 0.15) is 11.6 Å². The first kappa shape index (κ1) is 15.5. The molecule has 2 aromatic rings. The van der Waals surface area contributed by atoms with Crippen molar-refractivity contribution < 1.29 is 19.0 Å². The highest BCUT2D eigenvalue weighted by molar-refractivity contribution is 5.98. The van der Waals surface area contributed by atoms with E-state index in [0.717, 1.165) is 11.1 Å². The Bertz CT molecular complexity index is 732. The van der Waals surface area contributed by atoms with E-state index in [9.17, 15) is 9.18 Å². The molecule has 0 fully saturated rings. The highest BCUT2D eigenvalue weighted by Crippen LogP contribution is 2.29. The molecule has 0 bridgehead atoms. The van der Waals surface area contributed by atoms with E-state index in [1.54, 1.807) is 42.2 Å². The molecule has 1 aliphatic rings. The highest BCUT2D eigenvalue weighted by Gasteiger charge is 2.29. The third kappa shape index (κ3) is 3.19. The minimum atomic E-state index is -0.696. The number of benzene rings is 2. The van der Waals surface area contributed by atoms with Crippen molar-refractivity contribution in [3.63, 3.8) is 0 Å². The van der Waals surface area contributed by atoms with Gasteiger partial charge in [-0.25, -0.2) is 4.39 Å². The summed E-state index contributed by atoms with van der Waals surface area (Å²) in [7, 11) is 0. The number of ether oxygens (including phenoxy) is 1. The average molecular weight is 315 g/mol. The molecule has 1 heterocycles. The summed E-state index contributed by atoms with van der Waals surface area (Å²) < 4.78 is 19.1. The lowest BCUT2D eigenvalue weighted by Crippen LogP contribution is -2.39. The number of rotatable bonds is 4. The van der Waals surface area contributed by atoms with Crippen molar-refractivity contribution in [2.75, 3.05) is 11.4 Å². The van der Waals surface area contributed by atoms with Crippen LogP contribution in [0.5, 0.6) is 5.75 Å². The number of aliphatic hydroxyl groups is 1. The van der Waals surface area contributed by atoms with Gasteiger partial charge in [-0.2, -0.15) is 0 Å². The van der Waals surface area contributed by atoms with Crippen LogP contribution < -0.4 is 9.64 Å². The van der Waals surface area contributed by atoms with Crippen molar-refractivity contribution in [2.45, 2.75) is 26.1 Å². The quantitative estimate of drug-likeness (QED) is 0.944. The molecule has 0 spiro atoms. The van der Waals surface area contributed by atoms with Crippen LogP contribution in [-0.4, -0.2) is 23.7 Å². The van der Waals surface area contributed by atoms with Crippen molar-refractivity contribution in [3.05, 3.63) is 59.4 Å². The third-order valence-electron chi connectivity index (χ3n) is 3.95. The SMILES string of the molecule is CC(Oc1cccc(CO)c1)C(=O)N1CCc2ccc(F)cc21. The zero-order valence-electron chi connectivity index (χ0n) is 12.8. The van der Waals surface area contributed by atoms with Crippen LogP contribution in [0.15, 0.2) is 42.5 Å². The van der Waals surface area contributed by atoms with Crippen LogP contribution in [0.4, 0.5) is 10.1 Å². The average Bonchev–Trinajstić information content (AvgIpc) is 2.97. The van der Waals surface area contributed by atoms with E-state index < -0.39 is 6.10 Å². The van der Waals surface area contributed by atoms with Gasteiger partial charge in [0.25, 0.3) is 5.91 Å². The van der Waals surface area contributed by atoms with Crippen LogP contribution in [0.3, 0.4) is 0 Å². The Morgan fingerprint density at radius 2 is 2.17 bits per heavy atom. The van der Waals surface area contributed by atoms with Gasteiger partial charge < -0.3 is 14.7 Å². The first-order valence-corrected chi connectivity index (χ1v) is 7.55. The normalized spacial score (nSPS) is 14.5. The van der Waals surface area contributed by atoms with E-state index in [4.69, 9.17) is 9.84 Å². The summed E-state index contributed by atoms with van der Waals surface area (Å²) in [6, 6.07) is 11.5. The van der Waals surface area contributed by atoms with Gasteiger partial charge in [-0.15, -0.1) is 0 Å². The number of fused-ring (bicyclic) bond motifs is 1. The van der Waals surface area contributed by atoms with Crippen molar-refractivity contribution in [2.24, 2.45) is 0 Å². The number of amides is 1. The predicted octanol–water partition coefficient (Wildman–Crippen LogP) is 2.67. The summed E-state index contributed by atoms with van der Waals surface area (Å²) in [5.41, 5.74) is 2.31. The molecule has 0 saturated heterocycles. The molecular weight excluding hydrogens is 297 g/mol. The Hall–Kier alpha value is -2.40. The number of carbonyl (C=O) groups excluding carboxylic acids is 1. The number of aliphatic hydroxyl groups excluding tert-OH is 1. The molecule has 120 valence electrons. The molecule has 1 unspecified atom stereocenters. The fourth-order valence-corrected chi connectivity index (χ4v) is 2.77. The molecule has 5 heteroatoms. The Labute approximate surface area is 134 Å². The number of anilines is 1. The van der Waals surface area contributed by atoms with Crippen LogP contribution in [0.2, 0.25) is 0 Å². The Balaban J connectivity index is 1.75. The van der Waals surface area contributed by atoms with E-state index in [-0.39, 0.29) is 18.3 Å². The molecule has 1 aliphatic heterocycles. The minimum absolute atomic E-state index is 0.0850. The van der Waals surface area contributed by atoms with Gasteiger partial charge in [-0.1, -0.05) is 18.2 Å². The molecule has 0 saturated carbocycles. The topological polar surface area (TPSA) is 49.8 Å². The van der Waals surface area contributed by atoms with Crippen LogP contribution in [0.1, 0.15) is 18.1 Å². The van der Waals surface area contributed by atoms with Gasteiger partial charge in [-0.05, 0) is 48.7 Å². The smallest absolute Gasteiger partial charge is 0.267 e. The van der Waals surface area contributed by atoms with E-state index >= 15 is 0 Å². The van der Waals surface area contributed by atoms with Crippen LogP contribution in [0.25, 0.3) is 0 Å². The standard InChI is InChI=1S/C18H18FNO3/c1-12(23-16-4-2-3-13(9-16)11-21)18(22)20-8-7-14-5-6-15(19)10-17(14)20/h2-6,9-10,12,21H,7-8,11H2,1H3. The largest absolute Gasteiger partial charge is 0.481 e. The van der Waals surface area contributed by atoms with Crippen molar-refractivity contribution in [3.8, 4) is 5.75 Å². The molecule has 3 rings (SSSR count). The summed E-state index contributed by atoms with van der Waals surface area (Å²) in [6.07, 6.45) is 0.0202. The number of halogens is 1. The zero-order chi connectivity index (χ0) is 16.4. The van der Waals surface area contributed by atoms with E-state index in [2.05, 4.69) is 0 Å². The molecule has 1 atom stereocenters. The Morgan fingerprint density at radius 1 is 1.35 bits per heavy atom. The summed E-state index contributed by atoms with van der Waals surface area (Å²) in [4.78, 5) is 14.2. The monoisotopic (exact) mass is 315 g/mol. The van der Waals surface area contributed by atoms with Gasteiger partial charge in [0.05, 0.1) is 6.61 Å². The molecule has 0 aliphatic carbocycles. The third-order valence-corrected chi connectivity index (χ3v) is 3.95. The first-order valence-electron chi connectivity index (χ1n) is 7.55. The highest BCUT2D eigenvalue weighted by atomic mass is 19.1. The number of nitrogens with zero attached hydrogens (tertiary/aromatic N) is 1. The van der Waals surface area contributed by atoms with Gasteiger partial charge in [0, 0.05) is 12.2 Å². The van der Waals surface area contributed by atoms with Crippen molar-refractivity contribution >= 4 is 11.6 Å². The van der Waals surface area contributed by atoms with Crippen LogP contribution >= 0.6 is 0 Å². The van der Waals surface area contributed by atoms with Gasteiger partial charge in [0.15, 0.2) is 6.10 Å². The maximum Gasteiger partial charge on any atom is 0.267 e. The zero-order valence-corrected chi connectivity index (χ0v) is 12.8. The fraction of sp³-hybridized carbons (Fsp3) is 0.278. The van der Waals surface area contributed by atoms with E-state index in [0.29, 0.717) is 24.4 Å². The van der Waals surface area contributed by atoms with Gasteiger partial charge in [0.2, 0.25) is 0 Å². The predicted molar refractivity (Wildman–Crippen MR) is 84.9 cm³/mol. The summed E-state index contributed by atoms with van der Waals surface area (Å²) in [5.74, 6) is -0.0347. The lowest BCUT2D eigenvalue weighted by molar-refractivity contribution is -0.124.